The standard InChI is InChI=1S/C23H25ClN4OS/c1-4-13-28-22(18-11-8-12-19(24)14-18)26-27-23(28)30-15-20(29)25-21-16(5-2)9-7-10-17(21)6-3/h4,7-12,14H,1,5-6,13,15H2,2-3H3,(H,25,29). The fourth-order valence-electron chi connectivity index (χ4n) is 3.24. The number of thioether (sulfide) groups is 1. The Labute approximate surface area is 186 Å². The normalized spacial score (nSPS) is 10.8. The Bertz CT molecular complexity index is 1030. The van der Waals surface area contributed by atoms with Gasteiger partial charge in [-0.3, -0.25) is 9.36 Å². The molecule has 3 rings (SSSR count). The number of nitrogens with one attached hydrogen (secondary N) is 1. The van der Waals surface area contributed by atoms with Gasteiger partial charge in [0.2, 0.25) is 5.91 Å². The van der Waals surface area contributed by atoms with Gasteiger partial charge in [-0.25, -0.2) is 0 Å². The molecular formula is C23H25ClN4OS. The molecule has 0 aliphatic heterocycles. The minimum absolute atomic E-state index is 0.0620. The van der Waals surface area contributed by atoms with Crippen molar-refractivity contribution in [3.63, 3.8) is 0 Å². The number of anilines is 1. The summed E-state index contributed by atoms with van der Waals surface area (Å²) in [5.74, 6) is 0.879. The zero-order valence-electron chi connectivity index (χ0n) is 17.2. The van der Waals surface area contributed by atoms with Gasteiger partial charge in [-0.05, 0) is 36.1 Å². The number of carbonyl (C=O) groups excluding carboxylic acids is 1. The van der Waals surface area contributed by atoms with Crippen molar-refractivity contribution in [1.82, 2.24) is 14.8 Å². The molecule has 1 heterocycles. The van der Waals surface area contributed by atoms with Crippen LogP contribution in [0.25, 0.3) is 11.4 Å². The summed E-state index contributed by atoms with van der Waals surface area (Å²) in [6.45, 7) is 8.55. The Hall–Kier alpha value is -2.57. The Morgan fingerprint density at radius 1 is 1.17 bits per heavy atom. The minimum atomic E-state index is -0.0620. The molecule has 0 atom stereocenters. The highest BCUT2D eigenvalue weighted by Crippen LogP contribution is 2.27. The van der Waals surface area contributed by atoms with Gasteiger partial charge in [0.1, 0.15) is 0 Å². The monoisotopic (exact) mass is 440 g/mol. The lowest BCUT2D eigenvalue weighted by molar-refractivity contribution is -0.113. The zero-order valence-corrected chi connectivity index (χ0v) is 18.8. The summed E-state index contributed by atoms with van der Waals surface area (Å²) in [6.07, 6.45) is 3.52. The molecule has 0 saturated heterocycles. The maximum atomic E-state index is 12.7. The Kier molecular flexibility index (Phi) is 7.71. The van der Waals surface area contributed by atoms with Crippen molar-refractivity contribution in [1.29, 1.82) is 0 Å². The molecule has 1 N–H and O–H groups in total. The molecule has 0 fully saturated rings. The number of allylic oxidation sites excluding steroid dienone is 1. The second-order valence-electron chi connectivity index (χ2n) is 6.71. The highest BCUT2D eigenvalue weighted by molar-refractivity contribution is 7.99. The Balaban J connectivity index is 1.76. The number of rotatable bonds is 9. The Morgan fingerprint density at radius 2 is 1.87 bits per heavy atom. The lowest BCUT2D eigenvalue weighted by Crippen LogP contribution is -2.17. The van der Waals surface area contributed by atoms with Gasteiger partial charge in [0, 0.05) is 22.8 Å². The molecule has 3 aromatic rings. The van der Waals surface area contributed by atoms with Crippen LogP contribution in [0.5, 0.6) is 0 Å². The number of hydrogen-bond acceptors (Lipinski definition) is 4. The number of nitrogens with zero attached hydrogens (tertiary/aromatic N) is 3. The van der Waals surface area contributed by atoms with E-state index in [4.69, 9.17) is 11.6 Å². The maximum absolute atomic E-state index is 12.7. The highest BCUT2D eigenvalue weighted by Gasteiger charge is 2.16. The van der Waals surface area contributed by atoms with Gasteiger partial charge in [0.25, 0.3) is 0 Å². The molecule has 1 amide bonds. The first-order chi connectivity index (χ1) is 14.6. The lowest BCUT2D eigenvalue weighted by atomic mass is 10.0. The molecule has 7 heteroatoms. The van der Waals surface area contributed by atoms with Crippen LogP contribution in [-0.4, -0.2) is 26.4 Å². The number of aryl methyl sites for hydroxylation is 2. The van der Waals surface area contributed by atoms with Gasteiger partial charge in [0.15, 0.2) is 11.0 Å². The smallest absolute Gasteiger partial charge is 0.234 e. The van der Waals surface area contributed by atoms with Gasteiger partial charge >= 0.3 is 0 Å². The van der Waals surface area contributed by atoms with Crippen LogP contribution in [-0.2, 0) is 24.2 Å². The van der Waals surface area contributed by atoms with Crippen LogP contribution in [0.4, 0.5) is 5.69 Å². The van der Waals surface area contributed by atoms with E-state index in [1.165, 1.54) is 11.8 Å². The SMILES string of the molecule is C=CCn1c(SCC(=O)Nc2c(CC)cccc2CC)nnc1-c1cccc(Cl)c1. The largest absolute Gasteiger partial charge is 0.325 e. The third-order valence-corrected chi connectivity index (χ3v) is 5.91. The molecule has 0 radical (unpaired) electrons. The van der Waals surface area contributed by atoms with E-state index in [1.807, 2.05) is 34.9 Å². The van der Waals surface area contributed by atoms with E-state index in [0.717, 1.165) is 35.2 Å². The molecule has 0 bridgehead atoms. The molecular weight excluding hydrogens is 416 g/mol. The molecule has 0 spiro atoms. The lowest BCUT2D eigenvalue weighted by Gasteiger charge is -2.14. The Morgan fingerprint density at radius 3 is 2.50 bits per heavy atom. The number of halogens is 1. The second-order valence-corrected chi connectivity index (χ2v) is 8.09. The van der Waals surface area contributed by atoms with Crippen molar-refractivity contribution in [3.8, 4) is 11.4 Å². The van der Waals surface area contributed by atoms with Crippen LogP contribution in [0.3, 0.4) is 0 Å². The maximum Gasteiger partial charge on any atom is 0.234 e. The van der Waals surface area contributed by atoms with Gasteiger partial charge in [0.05, 0.1) is 5.75 Å². The van der Waals surface area contributed by atoms with E-state index in [9.17, 15) is 4.79 Å². The van der Waals surface area contributed by atoms with Crippen molar-refractivity contribution in [2.75, 3.05) is 11.1 Å². The summed E-state index contributed by atoms with van der Waals surface area (Å²) in [5, 5.41) is 13.0. The average Bonchev–Trinajstić information content (AvgIpc) is 3.15. The van der Waals surface area contributed by atoms with Gasteiger partial charge in [-0.2, -0.15) is 0 Å². The molecule has 5 nitrogen and oxygen atoms in total. The van der Waals surface area contributed by atoms with Crippen LogP contribution in [0.1, 0.15) is 25.0 Å². The first-order valence-corrected chi connectivity index (χ1v) is 11.3. The third-order valence-electron chi connectivity index (χ3n) is 4.71. The molecule has 156 valence electrons. The van der Waals surface area contributed by atoms with Crippen LogP contribution < -0.4 is 5.32 Å². The van der Waals surface area contributed by atoms with E-state index < -0.39 is 0 Å². The number of benzene rings is 2. The van der Waals surface area contributed by atoms with E-state index >= 15 is 0 Å². The number of para-hydroxylation sites is 1. The molecule has 0 aliphatic carbocycles. The fourth-order valence-corrected chi connectivity index (χ4v) is 4.18. The predicted molar refractivity (Wildman–Crippen MR) is 125 cm³/mol. The quantitative estimate of drug-likeness (QED) is 0.345. The number of carbonyl (C=O) groups is 1. The molecule has 0 aliphatic rings. The van der Waals surface area contributed by atoms with E-state index in [2.05, 4.69) is 48.1 Å². The van der Waals surface area contributed by atoms with Crippen LogP contribution in [0, 0.1) is 0 Å². The van der Waals surface area contributed by atoms with Crippen molar-refractivity contribution in [3.05, 3.63) is 71.3 Å². The molecule has 1 aromatic heterocycles. The third kappa shape index (κ3) is 5.12. The average molecular weight is 441 g/mol. The summed E-state index contributed by atoms with van der Waals surface area (Å²) in [6, 6.07) is 13.6. The van der Waals surface area contributed by atoms with Crippen molar-refractivity contribution in [2.24, 2.45) is 0 Å². The highest BCUT2D eigenvalue weighted by atomic mass is 35.5. The van der Waals surface area contributed by atoms with Crippen molar-refractivity contribution < 1.29 is 4.79 Å². The number of amides is 1. The first kappa shape index (κ1) is 22.1. The summed E-state index contributed by atoms with van der Waals surface area (Å²) < 4.78 is 1.94. The van der Waals surface area contributed by atoms with Gasteiger partial charge in [-0.15, -0.1) is 16.8 Å². The second kappa shape index (κ2) is 10.5. The van der Waals surface area contributed by atoms with Gasteiger partial charge < -0.3 is 5.32 Å². The molecule has 30 heavy (non-hydrogen) atoms. The van der Waals surface area contributed by atoms with Crippen molar-refractivity contribution in [2.45, 2.75) is 38.4 Å². The zero-order chi connectivity index (χ0) is 21.5. The topological polar surface area (TPSA) is 59.8 Å². The predicted octanol–water partition coefficient (Wildman–Crippen LogP) is 5.64. The summed E-state index contributed by atoms with van der Waals surface area (Å²) in [7, 11) is 0. The van der Waals surface area contributed by atoms with Crippen molar-refractivity contribution >= 4 is 35.0 Å². The summed E-state index contributed by atoms with van der Waals surface area (Å²) in [4.78, 5) is 12.7. The van der Waals surface area contributed by atoms with Crippen LogP contribution in [0.2, 0.25) is 5.02 Å². The summed E-state index contributed by atoms with van der Waals surface area (Å²) >= 11 is 7.48. The first-order valence-electron chi connectivity index (χ1n) is 9.90. The molecule has 0 unspecified atom stereocenters. The summed E-state index contributed by atoms with van der Waals surface area (Å²) in [5.41, 5.74) is 4.09. The van der Waals surface area contributed by atoms with Crippen LogP contribution >= 0.6 is 23.4 Å². The number of aromatic nitrogens is 3. The van der Waals surface area contributed by atoms with E-state index in [-0.39, 0.29) is 11.7 Å². The minimum Gasteiger partial charge on any atom is -0.325 e. The van der Waals surface area contributed by atoms with Gasteiger partial charge in [-0.1, -0.05) is 73.6 Å². The van der Waals surface area contributed by atoms with E-state index in [1.54, 1.807) is 6.08 Å². The van der Waals surface area contributed by atoms with E-state index in [0.29, 0.717) is 22.5 Å². The fraction of sp³-hybridized carbons (Fsp3) is 0.261. The van der Waals surface area contributed by atoms with Crippen LogP contribution in [0.15, 0.2) is 60.3 Å². The number of hydrogen-bond donors (Lipinski definition) is 1. The molecule has 0 saturated carbocycles. The molecule has 2 aromatic carbocycles.